The number of nitrogens with one attached hydrogen (secondary N) is 4. The normalized spacial score (nSPS) is 11.5. The van der Waals surface area contributed by atoms with Gasteiger partial charge in [-0.25, -0.2) is 4.79 Å². The molecule has 1 aromatic heterocycles. The zero-order valence-electron chi connectivity index (χ0n) is 15.9. The van der Waals surface area contributed by atoms with E-state index in [2.05, 4.69) is 21.2 Å². The number of fused-ring (bicyclic) bond motifs is 1. The maximum Gasteiger partial charge on any atom is 0.408 e. The van der Waals surface area contributed by atoms with Crippen molar-refractivity contribution in [3.8, 4) is 0 Å². The molecule has 3 amide bonds. The summed E-state index contributed by atoms with van der Waals surface area (Å²) in [6.07, 6.45) is 1.28. The minimum Gasteiger partial charge on any atom is -0.445 e. The molecule has 8 nitrogen and oxygen atoms in total. The number of para-hydroxylation sites is 1. The van der Waals surface area contributed by atoms with Crippen LogP contribution in [0.5, 0.6) is 0 Å². The standard InChI is InChI=1S/C21H22N4O4/c1-14(26)24-25-20(27)19(11-16-12-22-18-10-6-5-9-17(16)18)23-21(28)29-13-15-7-3-2-4-8-15/h2-10,12,19,22H,11,13H2,1H3,(H,23,28)(H,24,26)(H,25,27)/t19-/m0/s1. The fraction of sp³-hybridized carbons (Fsp3) is 0.190. The van der Waals surface area contributed by atoms with E-state index in [0.29, 0.717) is 0 Å². The van der Waals surface area contributed by atoms with Crippen LogP contribution in [0.2, 0.25) is 0 Å². The SMILES string of the molecule is CC(=O)NNC(=O)[C@H](Cc1c[nH]c2ccccc12)NC(=O)OCc1ccccc1. The molecule has 0 spiro atoms. The predicted molar refractivity (Wildman–Crippen MR) is 108 cm³/mol. The summed E-state index contributed by atoms with van der Waals surface area (Å²) in [5.74, 6) is -0.974. The Balaban J connectivity index is 1.69. The van der Waals surface area contributed by atoms with Gasteiger partial charge < -0.3 is 15.0 Å². The van der Waals surface area contributed by atoms with E-state index in [1.54, 1.807) is 6.20 Å². The van der Waals surface area contributed by atoms with Crippen LogP contribution in [-0.4, -0.2) is 28.9 Å². The monoisotopic (exact) mass is 394 g/mol. The van der Waals surface area contributed by atoms with Crippen LogP contribution in [-0.2, 0) is 27.4 Å². The van der Waals surface area contributed by atoms with Crippen molar-refractivity contribution in [2.24, 2.45) is 0 Å². The molecule has 0 aliphatic carbocycles. The van der Waals surface area contributed by atoms with E-state index >= 15 is 0 Å². The van der Waals surface area contributed by atoms with E-state index in [9.17, 15) is 14.4 Å². The Morgan fingerprint density at radius 1 is 1.00 bits per heavy atom. The van der Waals surface area contributed by atoms with Crippen LogP contribution in [0.3, 0.4) is 0 Å². The van der Waals surface area contributed by atoms with Crippen molar-refractivity contribution in [1.29, 1.82) is 0 Å². The molecule has 4 N–H and O–H groups in total. The second-order valence-electron chi connectivity index (χ2n) is 6.49. The van der Waals surface area contributed by atoms with Crippen molar-refractivity contribution in [3.05, 3.63) is 71.9 Å². The minimum atomic E-state index is -0.940. The summed E-state index contributed by atoms with van der Waals surface area (Å²) in [6.45, 7) is 1.36. The lowest BCUT2D eigenvalue weighted by molar-refractivity contribution is -0.129. The van der Waals surface area contributed by atoms with Gasteiger partial charge in [-0.05, 0) is 17.2 Å². The highest BCUT2D eigenvalue weighted by molar-refractivity contribution is 5.89. The molecule has 0 bridgehead atoms. The number of aromatic amines is 1. The maximum atomic E-state index is 12.5. The van der Waals surface area contributed by atoms with Gasteiger partial charge in [0.25, 0.3) is 5.91 Å². The molecule has 150 valence electrons. The number of alkyl carbamates (subject to hydrolysis) is 1. The van der Waals surface area contributed by atoms with Crippen molar-refractivity contribution in [3.63, 3.8) is 0 Å². The van der Waals surface area contributed by atoms with Crippen LogP contribution < -0.4 is 16.2 Å². The number of carbonyl (C=O) groups is 3. The number of H-pyrrole nitrogens is 1. The summed E-state index contributed by atoms with van der Waals surface area (Å²) in [5, 5.41) is 3.52. The van der Waals surface area contributed by atoms with Crippen LogP contribution in [0.4, 0.5) is 4.79 Å². The molecular weight excluding hydrogens is 372 g/mol. The van der Waals surface area contributed by atoms with Gasteiger partial charge in [-0.15, -0.1) is 0 Å². The van der Waals surface area contributed by atoms with Gasteiger partial charge >= 0.3 is 6.09 Å². The Bertz CT molecular complexity index is 1000. The summed E-state index contributed by atoms with van der Waals surface area (Å²) in [6, 6.07) is 15.9. The molecular formula is C21H22N4O4. The molecule has 0 saturated heterocycles. The van der Waals surface area contributed by atoms with Gasteiger partial charge in [0.1, 0.15) is 12.6 Å². The number of rotatable bonds is 6. The van der Waals surface area contributed by atoms with E-state index in [-0.39, 0.29) is 13.0 Å². The van der Waals surface area contributed by atoms with Crippen molar-refractivity contribution < 1.29 is 19.1 Å². The first-order valence-electron chi connectivity index (χ1n) is 9.11. The number of hydrazine groups is 1. The van der Waals surface area contributed by atoms with E-state index in [1.807, 2.05) is 54.6 Å². The fourth-order valence-corrected chi connectivity index (χ4v) is 2.87. The Hall–Kier alpha value is -3.81. The topological polar surface area (TPSA) is 112 Å². The van der Waals surface area contributed by atoms with Crippen molar-refractivity contribution >= 4 is 28.8 Å². The zero-order chi connectivity index (χ0) is 20.6. The van der Waals surface area contributed by atoms with Crippen LogP contribution >= 0.6 is 0 Å². The summed E-state index contributed by atoms with van der Waals surface area (Å²) in [5.41, 5.74) is 7.15. The number of amides is 3. The highest BCUT2D eigenvalue weighted by Crippen LogP contribution is 2.19. The number of benzene rings is 2. The molecule has 2 aromatic carbocycles. The number of hydrogen-bond donors (Lipinski definition) is 4. The number of ether oxygens (including phenoxy) is 1. The summed E-state index contributed by atoms with van der Waals surface area (Å²) in [7, 11) is 0. The number of carbonyl (C=O) groups excluding carboxylic acids is 3. The number of hydrogen-bond acceptors (Lipinski definition) is 4. The van der Waals surface area contributed by atoms with Gasteiger partial charge in [0.2, 0.25) is 5.91 Å². The lowest BCUT2D eigenvalue weighted by Crippen LogP contribution is -2.52. The Labute approximate surface area is 167 Å². The lowest BCUT2D eigenvalue weighted by atomic mass is 10.0. The molecule has 3 aromatic rings. The van der Waals surface area contributed by atoms with Crippen LogP contribution in [0.1, 0.15) is 18.1 Å². The third-order valence-electron chi connectivity index (χ3n) is 4.28. The first-order valence-corrected chi connectivity index (χ1v) is 9.11. The van der Waals surface area contributed by atoms with Crippen molar-refractivity contribution in [2.75, 3.05) is 0 Å². The summed E-state index contributed by atoms with van der Waals surface area (Å²) < 4.78 is 5.22. The zero-order valence-corrected chi connectivity index (χ0v) is 15.9. The van der Waals surface area contributed by atoms with E-state index in [1.165, 1.54) is 6.92 Å². The first-order chi connectivity index (χ1) is 14.0. The van der Waals surface area contributed by atoms with Gasteiger partial charge in [0.05, 0.1) is 0 Å². The molecule has 0 unspecified atom stereocenters. The maximum absolute atomic E-state index is 12.5. The third kappa shape index (κ3) is 5.58. The Morgan fingerprint density at radius 2 is 1.72 bits per heavy atom. The molecule has 0 aliphatic rings. The second-order valence-corrected chi connectivity index (χ2v) is 6.49. The van der Waals surface area contributed by atoms with Gasteiger partial charge in [-0.2, -0.15) is 0 Å². The molecule has 0 fully saturated rings. The second kappa shape index (κ2) is 9.41. The van der Waals surface area contributed by atoms with E-state index < -0.39 is 23.9 Å². The van der Waals surface area contributed by atoms with Crippen molar-refractivity contribution in [1.82, 2.24) is 21.2 Å². The summed E-state index contributed by atoms with van der Waals surface area (Å²) in [4.78, 5) is 39.0. The molecule has 1 atom stereocenters. The largest absolute Gasteiger partial charge is 0.445 e. The van der Waals surface area contributed by atoms with E-state index in [0.717, 1.165) is 22.0 Å². The average Bonchev–Trinajstić information content (AvgIpc) is 3.13. The van der Waals surface area contributed by atoms with Gasteiger partial charge in [0.15, 0.2) is 0 Å². The van der Waals surface area contributed by atoms with Crippen LogP contribution in [0.25, 0.3) is 10.9 Å². The van der Waals surface area contributed by atoms with Crippen LogP contribution in [0.15, 0.2) is 60.8 Å². The Morgan fingerprint density at radius 3 is 2.48 bits per heavy atom. The highest BCUT2D eigenvalue weighted by atomic mass is 16.5. The van der Waals surface area contributed by atoms with Crippen molar-refractivity contribution in [2.45, 2.75) is 26.0 Å². The van der Waals surface area contributed by atoms with Gasteiger partial charge in [0, 0.05) is 30.4 Å². The van der Waals surface area contributed by atoms with E-state index in [4.69, 9.17) is 4.74 Å². The molecule has 3 rings (SSSR count). The molecule has 0 aliphatic heterocycles. The summed E-state index contributed by atoms with van der Waals surface area (Å²) >= 11 is 0. The molecule has 0 saturated carbocycles. The smallest absolute Gasteiger partial charge is 0.408 e. The fourth-order valence-electron chi connectivity index (χ4n) is 2.87. The predicted octanol–water partition coefficient (Wildman–Crippen LogP) is 2.17. The minimum absolute atomic E-state index is 0.0831. The highest BCUT2D eigenvalue weighted by Gasteiger charge is 2.23. The molecule has 1 heterocycles. The molecule has 0 radical (unpaired) electrons. The quantitative estimate of drug-likeness (QED) is 0.480. The third-order valence-corrected chi connectivity index (χ3v) is 4.28. The Kier molecular flexibility index (Phi) is 6.47. The van der Waals surface area contributed by atoms with Gasteiger partial charge in [-0.3, -0.25) is 20.4 Å². The molecule has 29 heavy (non-hydrogen) atoms. The van der Waals surface area contributed by atoms with Gasteiger partial charge in [-0.1, -0.05) is 48.5 Å². The lowest BCUT2D eigenvalue weighted by Gasteiger charge is -2.18. The average molecular weight is 394 g/mol. The number of aromatic nitrogens is 1. The molecule has 8 heteroatoms. The van der Waals surface area contributed by atoms with Crippen LogP contribution in [0, 0.1) is 0 Å². The first kappa shape index (κ1) is 19.9.